The minimum atomic E-state index is -0.333. The van der Waals surface area contributed by atoms with E-state index in [-0.39, 0.29) is 11.9 Å². The number of aldehydes is 1. The molecule has 1 aliphatic rings. The molecule has 1 saturated heterocycles. The van der Waals surface area contributed by atoms with Crippen LogP contribution in [0.2, 0.25) is 0 Å². The molecule has 0 aromatic heterocycles. The first kappa shape index (κ1) is 14.0. The molecule has 1 aromatic carbocycles. The van der Waals surface area contributed by atoms with Crippen LogP contribution in [0.3, 0.4) is 0 Å². The van der Waals surface area contributed by atoms with Crippen molar-refractivity contribution in [1.82, 2.24) is 0 Å². The van der Waals surface area contributed by atoms with Crippen molar-refractivity contribution in [3.05, 3.63) is 29.6 Å². The second-order valence-electron chi connectivity index (χ2n) is 4.88. The zero-order valence-electron chi connectivity index (χ0n) is 11.3. The molecule has 1 aliphatic heterocycles. The molecule has 0 spiro atoms. The lowest BCUT2D eigenvalue weighted by atomic mass is 10.1. The van der Waals surface area contributed by atoms with E-state index in [2.05, 4.69) is 6.92 Å². The normalized spacial score (nSPS) is 19.5. The van der Waals surface area contributed by atoms with Crippen molar-refractivity contribution in [1.29, 1.82) is 0 Å². The number of para-hydroxylation sites is 1. The molecule has 1 fully saturated rings. The van der Waals surface area contributed by atoms with E-state index in [0.717, 1.165) is 38.7 Å². The lowest BCUT2D eigenvalue weighted by molar-refractivity contribution is 0.0439. The summed E-state index contributed by atoms with van der Waals surface area (Å²) in [4.78, 5) is 13.0. The van der Waals surface area contributed by atoms with Crippen LogP contribution < -0.4 is 4.90 Å². The summed E-state index contributed by atoms with van der Waals surface area (Å²) < 4.78 is 19.7. The van der Waals surface area contributed by atoms with Crippen LogP contribution in [0.4, 0.5) is 10.1 Å². The second kappa shape index (κ2) is 6.66. The fourth-order valence-corrected chi connectivity index (χ4v) is 2.52. The number of carbonyl (C=O) groups is 1. The van der Waals surface area contributed by atoms with E-state index < -0.39 is 0 Å². The average Bonchev–Trinajstić information content (AvgIpc) is 2.45. The molecule has 0 bridgehead atoms. The molecule has 0 amide bonds. The number of piperidine rings is 1. The Morgan fingerprint density at radius 1 is 1.53 bits per heavy atom. The molecule has 1 unspecified atom stereocenters. The fourth-order valence-electron chi connectivity index (χ4n) is 2.52. The number of carbonyl (C=O) groups excluding carboxylic acids is 1. The van der Waals surface area contributed by atoms with Gasteiger partial charge in [-0.15, -0.1) is 0 Å². The summed E-state index contributed by atoms with van der Waals surface area (Å²) in [5.74, 6) is -0.333. The summed E-state index contributed by atoms with van der Waals surface area (Å²) in [6.07, 6.45) is 3.79. The van der Waals surface area contributed by atoms with Crippen LogP contribution in [0.15, 0.2) is 18.2 Å². The van der Waals surface area contributed by atoms with Gasteiger partial charge in [-0.05, 0) is 31.4 Å². The van der Waals surface area contributed by atoms with Crippen LogP contribution in [-0.2, 0) is 4.74 Å². The van der Waals surface area contributed by atoms with Crippen molar-refractivity contribution in [3.8, 4) is 0 Å². The summed E-state index contributed by atoms with van der Waals surface area (Å²) in [6.45, 7) is 4.23. The molecular weight excluding hydrogens is 245 g/mol. The first-order chi connectivity index (χ1) is 9.26. The van der Waals surface area contributed by atoms with Crippen molar-refractivity contribution in [2.75, 3.05) is 24.6 Å². The minimum absolute atomic E-state index is 0.132. The van der Waals surface area contributed by atoms with Crippen molar-refractivity contribution in [2.45, 2.75) is 32.3 Å². The molecule has 4 heteroatoms. The van der Waals surface area contributed by atoms with Gasteiger partial charge in [-0.3, -0.25) is 4.79 Å². The van der Waals surface area contributed by atoms with Crippen LogP contribution in [0.25, 0.3) is 0 Å². The highest BCUT2D eigenvalue weighted by molar-refractivity contribution is 5.84. The van der Waals surface area contributed by atoms with E-state index in [9.17, 15) is 9.18 Å². The number of halogens is 1. The Morgan fingerprint density at radius 2 is 2.37 bits per heavy atom. The standard InChI is InChI=1S/C15H20FNO2/c1-2-9-19-13-6-4-8-17(10-13)15-12(11-18)5-3-7-14(15)16/h3,5,7,11,13H,2,4,6,8-10H2,1H3. The Labute approximate surface area is 113 Å². The van der Waals surface area contributed by atoms with Gasteiger partial charge in [0.2, 0.25) is 0 Å². The van der Waals surface area contributed by atoms with Crippen molar-refractivity contribution >= 4 is 12.0 Å². The molecule has 2 rings (SSSR count). The summed E-state index contributed by atoms with van der Waals surface area (Å²) in [5.41, 5.74) is 0.832. The predicted octanol–water partition coefficient (Wildman–Crippen LogP) is 3.03. The Kier molecular flexibility index (Phi) is 4.91. The van der Waals surface area contributed by atoms with Gasteiger partial charge in [0.1, 0.15) is 5.82 Å². The first-order valence-corrected chi connectivity index (χ1v) is 6.86. The van der Waals surface area contributed by atoms with Gasteiger partial charge in [0.05, 0.1) is 11.8 Å². The van der Waals surface area contributed by atoms with Gasteiger partial charge in [0, 0.05) is 25.3 Å². The van der Waals surface area contributed by atoms with E-state index in [4.69, 9.17) is 4.74 Å². The number of ether oxygens (including phenoxy) is 1. The van der Waals surface area contributed by atoms with Gasteiger partial charge in [-0.1, -0.05) is 13.0 Å². The minimum Gasteiger partial charge on any atom is -0.376 e. The molecule has 3 nitrogen and oxygen atoms in total. The number of hydrogen-bond acceptors (Lipinski definition) is 3. The number of rotatable bonds is 5. The van der Waals surface area contributed by atoms with Gasteiger partial charge in [-0.25, -0.2) is 4.39 Å². The molecular formula is C15H20FNO2. The van der Waals surface area contributed by atoms with Crippen molar-refractivity contribution in [2.24, 2.45) is 0 Å². The third kappa shape index (κ3) is 3.32. The van der Waals surface area contributed by atoms with E-state index in [1.165, 1.54) is 6.07 Å². The third-order valence-electron chi connectivity index (χ3n) is 3.40. The summed E-state index contributed by atoms with van der Waals surface area (Å²) in [5, 5.41) is 0. The Hall–Kier alpha value is -1.42. The molecule has 0 radical (unpaired) electrons. The topological polar surface area (TPSA) is 29.5 Å². The number of nitrogens with zero attached hydrogens (tertiary/aromatic N) is 1. The summed E-state index contributed by atoms with van der Waals surface area (Å²) in [7, 11) is 0. The Morgan fingerprint density at radius 3 is 3.11 bits per heavy atom. The second-order valence-corrected chi connectivity index (χ2v) is 4.88. The molecule has 19 heavy (non-hydrogen) atoms. The summed E-state index contributed by atoms with van der Waals surface area (Å²) in [6, 6.07) is 4.62. The first-order valence-electron chi connectivity index (χ1n) is 6.86. The molecule has 0 saturated carbocycles. The SMILES string of the molecule is CCCOC1CCCN(c2c(F)cccc2C=O)C1. The number of hydrogen-bond donors (Lipinski definition) is 0. The van der Waals surface area contributed by atoms with Gasteiger partial charge < -0.3 is 9.64 Å². The highest BCUT2D eigenvalue weighted by atomic mass is 19.1. The average molecular weight is 265 g/mol. The molecule has 0 aliphatic carbocycles. The van der Waals surface area contributed by atoms with Crippen LogP contribution in [0.5, 0.6) is 0 Å². The maximum Gasteiger partial charge on any atom is 0.152 e. The maximum atomic E-state index is 14.0. The smallest absolute Gasteiger partial charge is 0.152 e. The maximum absolute atomic E-state index is 14.0. The Balaban J connectivity index is 2.15. The van der Waals surface area contributed by atoms with E-state index in [0.29, 0.717) is 17.8 Å². The molecule has 1 atom stereocenters. The van der Waals surface area contributed by atoms with E-state index in [1.807, 2.05) is 4.90 Å². The van der Waals surface area contributed by atoms with E-state index in [1.54, 1.807) is 12.1 Å². The fraction of sp³-hybridized carbons (Fsp3) is 0.533. The van der Waals surface area contributed by atoms with Crippen LogP contribution >= 0.6 is 0 Å². The zero-order chi connectivity index (χ0) is 13.7. The van der Waals surface area contributed by atoms with Gasteiger partial charge in [0.15, 0.2) is 6.29 Å². The third-order valence-corrected chi connectivity index (χ3v) is 3.40. The summed E-state index contributed by atoms with van der Waals surface area (Å²) >= 11 is 0. The van der Waals surface area contributed by atoms with Crippen LogP contribution in [0, 0.1) is 5.82 Å². The lowest BCUT2D eigenvalue weighted by Gasteiger charge is -2.35. The monoisotopic (exact) mass is 265 g/mol. The molecule has 1 heterocycles. The van der Waals surface area contributed by atoms with Gasteiger partial charge in [0.25, 0.3) is 0 Å². The lowest BCUT2D eigenvalue weighted by Crippen LogP contribution is -2.40. The van der Waals surface area contributed by atoms with Crippen molar-refractivity contribution < 1.29 is 13.9 Å². The largest absolute Gasteiger partial charge is 0.376 e. The van der Waals surface area contributed by atoms with Crippen LogP contribution in [-0.4, -0.2) is 32.1 Å². The molecule has 1 aromatic rings. The quantitative estimate of drug-likeness (QED) is 0.766. The number of benzene rings is 1. The van der Waals surface area contributed by atoms with Gasteiger partial charge >= 0.3 is 0 Å². The van der Waals surface area contributed by atoms with E-state index >= 15 is 0 Å². The molecule has 0 N–H and O–H groups in total. The molecule has 104 valence electrons. The van der Waals surface area contributed by atoms with Crippen LogP contribution in [0.1, 0.15) is 36.5 Å². The van der Waals surface area contributed by atoms with Crippen molar-refractivity contribution in [3.63, 3.8) is 0 Å². The number of anilines is 1. The van der Waals surface area contributed by atoms with Gasteiger partial charge in [-0.2, -0.15) is 0 Å². The predicted molar refractivity (Wildman–Crippen MR) is 73.3 cm³/mol. The zero-order valence-corrected chi connectivity index (χ0v) is 11.3. The Bertz CT molecular complexity index is 436. The highest BCUT2D eigenvalue weighted by Crippen LogP contribution is 2.27. The highest BCUT2D eigenvalue weighted by Gasteiger charge is 2.24.